The highest BCUT2D eigenvalue weighted by atomic mass is 35.5. The van der Waals surface area contributed by atoms with E-state index in [9.17, 15) is 4.79 Å². The van der Waals surface area contributed by atoms with Crippen LogP contribution in [0, 0.1) is 12.8 Å². The Hall–Kier alpha value is -1.52. The molecule has 1 atom stereocenters. The van der Waals surface area contributed by atoms with E-state index in [4.69, 9.17) is 21.8 Å². The Morgan fingerprint density at radius 3 is 2.71 bits per heavy atom. The van der Waals surface area contributed by atoms with Crippen molar-refractivity contribution >= 4 is 28.5 Å². The van der Waals surface area contributed by atoms with Crippen LogP contribution in [-0.2, 0) is 0 Å². The van der Waals surface area contributed by atoms with Gasteiger partial charge in [0.15, 0.2) is 5.76 Å². The van der Waals surface area contributed by atoms with Gasteiger partial charge in [0.25, 0.3) is 5.91 Å². The SMILES string of the molecule is Cc1c(C(=O)NC(C)(CN)C(C)C)oc2ccc(Cl)cc12. The molecule has 0 aliphatic rings. The number of fused-ring (bicyclic) bond motifs is 1. The number of halogens is 1. The molecule has 2 rings (SSSR count). The second-order valence-corrected chi connectivity index (χ2v) is 6.36. The van der Waals surface area contributed by atoms with E-state index < -0.39 is 5.54 Å². The number of hydrogen-bond donors (Lipinski definition) is 2. The van der Waals surface area contributed by atoms with E-state index in [1.165, 1.54) is 0 Å². The van der Waals surface area contributed by atoms with Crippen LogP contribution in [0.2, 0.25) is 5.02 Å². The quantitative estimate of drug-likeness (QED) is 0.908. The molecule has 1 aromatic carbocycles. The molecule has 0 spiro atoms. The van der Waals surface area contributed by atoms with Crippen LogP contribution >= 0.6 is 11.6 Å². The summed E-state index contributed by atoms with van der Waals surface area (Å²) < 4.78 is 5.67. The largest absolute Gasteiger partial charge is 0.451 e. The summed E-state index contributed by atoms with van der Waals surface area (Å²) in [6.07, 6.45) is 0. The molecule has 1 aromatic heterocycles. The topological polar surface area (TPSA) is 68.3 Å². The third-order valence-electron chi connectivity index (χ3n) is 4.20. The number of rotatable bonds is 4. The third-order valence-corrected chi connectivity index (χ3v) is 4.44. The van der Waals surface area contributed by atoms with Crippen molar-refractivity contribution in [3.05, 3.63) is 34.5 Å². The van der Waals surface area contributed by atoms with Gasteiger partial charge >= 0.3 is 0 Å². The van der Waals surface area contributed by atoms with Crippen LogP contribution in [0.5, 0.6) is 0 Å². The van der Waals surface area contributed by atoms with Crippen LogP contribution in [0.3, 0.4) is 0 Å². The summed E-state index contributed by atoms with van der Waals surface area (Å²) in [5, 5.41) is 4.46. The van der Waals surface area contributed by atoms with Crippen molar-refractivity contribution in [3.63, 3.8) is 0 Å². The predicted molar refractivity (Wildman–Crippen MR) is 85.7 cm³/mol. The second kappa shape index (κ2) is 5.70. The highest BCUT2D eigenvalue weighted by molar-refractivity contribution is 6.31. The molecule has 1 heterocycles. The average Bonchev–Trinajstić information content (AvgIpc) is 2.75. The van der Waals surface area contributed by atoms with Crippen LogP contribution < -0.4 is 11.1 Å². The Bertz CT molecular complexity index is 678. The van der Waals surface area contributed by atoms with E-state index >= 15 is 0 Å². The Kier molecular flexibility index (Phi) is 4.30. The number of hydrogen-bond acceptors (Lipinski definition) is 3. The summed E-state index contributed by atoms with van der Waals surface area (Å²) in [7, 11) is 0. The molecular weight excluding hydrogens is 288 g/mol. The molecule has 3 N–H and O–H groups in total. The molecule has 1 unspecified atom stereocenters. The monoisotopic (exact) mass is 308 g/mol. The van der Waals surface area contributed by atoms with Crippen LogP contribution in [-0.4, -0.2) is 18.0 Å². The third kappa shape index (κ3) is 2.92. The number of aryl methyl sites for hydroxylation is 1. The van der Waals surface area contributed by atoms with Gasteiger partial charge < -0.3 is 15.5 Å². The van der Waals surface area contributed by atoms with Crippen molar-refractivity contribution in [2.75, 3.05) is 6.54 Å². The van der Waals surface area contributed by atoms with Gasteiger partial charge in [-0.05, 0) is 38.0 Å². The van der Waals surface area contributed by atoms with Crippen molar-refractivity contribution in [1.29, 1.82) is 0 Å². The fourth-order valence-electron chi connectivity index (χ4n) is 2.16. The van der Waals surface area contributed by atoms with Gasteiger partial charge in [0, 0.05) is 22.5 Å². The van der Waals surface area contributed by atoms with E-state index in [1.54, 1.807) is 18.2 Å². The van der Waals surface area contributed by atoms with Crippen molar-refractivity contribution in [2.24, 2.45) is 11.7 Å². The van der Waals surface area contributed by atoms with E-state index in [2.05, 4.69) is 5.32 Å². The highest BCUT2D eigenvalue weighted by Gasteiger charge is 2.31. The maximum atomic E-state index is 12.5. The molecule has 0 aliphatic carbocycles. The maximum absolute atomic E-state index is 12.5. The summed E-state index contributed by atoms with van der Waals surface area (Å²) >= 11 is 5.99. The molecule has 0 bridgehead atoms. The minimum atomic E-state index is -0.472. The summed E-state index contributed by atoms with van der Waals surface area (Å²) in [6.45, 7) is 8.20. The number of nitrogens with one attached hydrogen (secondary N) is 1. The minimum Gasteiger partial charge on any atom is -0.451 e. The van der Waals surface area contributed by atoms with E-state index in [1.807, 2.05) is 27.7 Å². The average molecular weight is 309 g/mol. The van der Waals surface area contributed by atoms with Gasteiger partial charge in [-0.1, -0.05) is 25.4 Å². The van der Waals surface area contributed by atoms with Gasteiger partial charge in [-0.25, -0.2) is 0 Å². The zero-order valence-corrected chi connectivity index (χ0v) is 13.5. The van der Waals surface area contributed by atoms with Gasteiger partial charge in [0.1, 0.15) is 5.58 Å². The Labute approximate surface area is 129 Å². The van der Waals surface area contributed by atoms with Crippen LogP contribution in [0.4, 0.5) is 0 Å². The van der Waals surface area contributed by atoms with Crippen molar-refractivity contribution < 1.29 is 9.21 Å². The van der Waals surface area contributed by atoms with E-state index in [-0.39, 0.29) is 11.8 Å². The van der Waals surface area contributed by atoms with Crippen molar-refractivity contribution in [1.82, 2.24) is 5.32 Å². The molecule has 0 saturated carbocycles. The second-order valence-electron chi connectivity index (χ2n) is 5.93. The van der Waals surface area contributed by atoms with E-state index in [0.717, 1.165) is 10.9 Å². The minimum absolute atomic E-state index is 0.213. The fourth-order valence-corrected chi connectivity index (χ4v) is 2.33. The Morgan fingerprint density at radius 2 is 2.14 bits per heavy atom. The normalized spacial score (nSPS) is 14.4. The van der Waals surface area contributed by atoms with Gasteiger partial charge in [-0.15, -0.1) is 0 Å². The number of furan rings is 1. The smallest absolute Gasteiger partial charge is 0.287 e. The molecule has 21 heavy (non-hydrogen) atoms. The lowest BCUT2D eigenvalue weighted by Gasteiger charge is -2.33. The molecule has 1 amide bonds. The molecule has 114 valence electrons. The first-order chi connectivity index (χ1) is 9.78. The molecule has 0 fully saturated rings. The van der Waals surface area contributed by atoms with Crippen LogP contribution in [0.25, 0.3) is 11.0 Å². The molecule has 4 nitrogen and oxygen atoms in total. The lowest BCUT2D eigenvalue weighted by Crippen LogP contribution is -2.55. The van der Waals surface area contributed by atoms with Gasteiger partial charge in [-0.2, -0.15) is 0 Å². The standard InChI is InChI=1S/C16H21ClN2O2/c1-9(2)16(4,8-18)19-15(20)14-10(3)12-7-11(17)5-6-13(12)21-14/h5-7,9H,8,18H2,1-4H3,(H,19,20). The van der Waals surface area contributed by atoms with Gasteiger partial charge in [-0.3, -0.25) is 4.79 Å². The first-order valence-electron chi connectivity index (χ1n) is 6.99. The number of carbonyl (C=O) groups excluding carboxylic acids is 1. The van der Waals surface area contributed by atoms with Crippen molar-refractivity contribution in [2.45, 2.75) is 33.2 Å². The lowest BCUT2D eigenvalue weighted by molar-refractivity contribution is 0.0856. The van der Waals surface area contributed by atoms with E-state index in [0.29, 0.717) is 22.9 Å². The number of benzene rings is 1. The number of nitrogens with two attached hydrogens (primary N) is 1. The molecular formula is C16H21ClN2O2. The Morgan fingerprint density at radius 1 is 1.48 bits per heavy atom. The zero-order valence-electron chi connectivity index (χ0n) is 12.8. The molecule has 0 aliphatic heterocycles. The number of amides is 1. The fraction of sp³-hybridized carbons (Fsp3) is 0.438. The van der Waals surface area contributed by atoms with Crippen LogP contribution in [0.15, 0.2) is 22.6 Å². The molecule has 0 saturated heterocycles. The predicted octanol–water partition coefficient (Wildman–Crippen LogP) is 3.50. The molecule has 0 radical (unpaired) electrons. The zero-order chi connectivity index (χ0) is 15.8. The summed E-state index contributed by atoms with van der Waals surface area (Å²) in [5.74, 6) is 0.277. The summed E-state index contributed by atoms with van der Waals surface area (Å²) in [6, 6.07) is 5.32. The lowest BCUT2D eigenvalue weighted by atomic mass is 9.88. The molecule has 2 aromatic rings. The maximum Gasteiger partial charge on any atom is 0.287 e. The van der Waals surface area contributed by atoms with Crippen molar-refractivity contribution in [3.8, 4) is 0 Å². The summed E-state index contributed by atoms with van der Waals surface area (Å²) in [5.41, 5.74) is 6.77. The van der Waals surface area contributed by atoms with Gasteiger partial charge in [0.05, 0.1) is 5.54 Å². The highest BCUT2D eigenvalue weighted by Crippen LogP contribution is 2.28. The first kappa shape index (κ1) is 15.9. The molecule has 5 heteroatoms. The summed E-state index contributed by atoms with van der Waals surface area (Å²) in [4.78, 5) is 12.5. The number of carbonyl (C=O) groups is 1. The first-order valence-corrected chi connectivity index (χ1v) is 7.37. The Balaban J connectivity index is 2.38. The van der Waals surface area contributed by atoms with Crippen LogP contribution in [0.1, 0.15) is 36.9 Å². The van der Waals surface area contributed by atoms with Gasteiger partial charge in [0.2, 0.25) is 0 Å².